The molecular weight excluding hydrogens is 475 g/mol. The number of amides is 1. The van der Waals surface area contributed by atoms with Crippen LogP contribution in [-0.4, -0.2) is 68.9 Å². The Labute approximate surface area is 193 Å². The largest absolute Gasteiger partial charge is 0.497 e. The molecule has 1 fully saturated rings. The summed E-state index contributed by atoms with van der Waals surface area (Å²) in [6.07, 6.45) is -4.65. The Morgan fingerprint density at radius 2 is 1.71 bits per heavy atom. The fraction of sp³-hybridized carbons (Fsp3) is 0.318. The van der Waals surface area contributed by atoms with Crippen LogP contribution in [0.2, 0.25) is 0 Å². The van der Waals surface area contributed by atoms with Crippen molar-refractivity contribution in [2.45, 2.75) is 11.1 Å². The summed E-state index contributed by atoms with van der Waals surface area (Å²) in [4.78, 5) is 17.1. The van der Waals surface area contributed by atoms with Gasteiger partial charge < -0.3 is 19.4 Å². The van der Waals surface area contributed by atoms with Crippen LogP contribution in [0.1, 0.15) is 16.1 Å². The second-order valence-corrected chi connectivity index (χ2v) is 9.64. The van der Waals surface area contributed by atoms with Crippen molar-refractivity contribution < 1.29 is 35.9 Å². The Balaban J connectivity index is 1.50. The minimum atomic E-state index is -4.65. The van der Waals surface area contributed by atoms with Crippen LogP contribution >= 0.6 is 0 Å². The number of aromatic amines is 1. The molecule has 0 aliphatic carbocycles. The molecule has 4 rings (SSSR count). The summed E-state index contributed by atoms with van der Waals surface area (Å²) in [5.74, 6) is 0.745. The number of nitrogens with one attached hydrogen (secondary N) is 1. The second-order valence-electron chi connectivity index (χ2n) is 7.70. The van der Waals surface area contributed by atoms with Crippen molar-refractivity contribution in [3.05, 3.63) is 53.7 Å². The summed E-state index contributed by atoms with van der Waals surface area (Å²) in [7, 11) is -1.12. The van der Waals surface area contributed by atoms with Crippen molar-refractivity contribution in [1.82, 2.24) is 14.2 Å². The summed E-state index contributed by atoms with van der Waals surface area (Å²) < 4.78 is 76.4. The molecule has 1 amide bonds. The van der Waals surface area contributed by atoms with Crippen LogP contribution in [0, 0.1) is 0 Å². The van der Waals surface area contributed by atoms with Crippen molar-refractivity contribution >= 4 is 26.8 Å². The van der Waals surface area contributed by atoms with E-state index in [1.165, 1.54) is 19.1 Å². The van der Waals surface area contributed by atoms with Gasteiger partial charge in [-0.05, 0) is 30.3 Å². The third-order valence-electron chi connectivity index (χ3n) is 5.68. The zero-order valence-corrected chi connectivity index (χ0v) is 19.2. The average molecular weight is 497 g/mol. The molecular formula is C22H22F3N3O5S. The molecule has 0 radical (unpaired) electrons. The van der Waals surface area contributed by atoms with E-state index in [0.717, 1.165) is 22.5 Å². The number of H-pyrrole nitrogens is 1. The summed E-state index contributed by atoms with van der Waals surface area (Å²) >= 11 is 0. The van der Waals surface area contributed by atoms with Crippen LogP contribution in [0.25, 0.3) is 10.9 Å². The minimum absolute atomic E-state index is 0.0400. The summed E-state index contributed by atoms with van der Waals surface area (Å²) in [5.41, 5.74) is -0.110. The van der Waals surface area contributed by atoms with Crippen molar-refractivity contribution in [3.63, 3.8) is 0 Å². The van der Waals surface area contributed by atoms with Crippen molar-refractivity contribution in [1.29, 1.82) is 0 Å². The van der Waals surface area contributed by atoms with Gasteiger partial charge in [0.2, 0.25) is 10.0 Å². The van der Waals surface area contributed by atoms with E-state index in [1.807, 2.05) is 0 Å². The van der Waals surface area contributed by atoms with Gasteiger partial charge in [-0.25, -0.2) is 8.42 Å². The number of carbonyl (C=O) groups is 1. The van der Waals surface area contributed by atoms with E-state index < -0.39 is 26.7 Å². The van der Waals surface area contributed by atoms with Crippen molar-refractivity contribution in [2.75, 3.05) is 40.4 Å². The number of aromatic nitrogens is 1. The van der Waals surface area contributed by atoms with E-state index in [1.54, 1.807) is 18.2 Å². The van der Waals surface area contributed by atoms with E-state index in [-0.39, 0.29) is 32.1 Å². The van der Waals surface area contributed by atoms with Crippen LogP contribution in [0.4, 0.5) is 13.2 Å². The number of sulfonamides is 1. The maximum atomic E-state index is 13.0. The number of piperazine rings is 1. The van der Waals surface area contributed by atoms with Crippen LogP contribution in [0.5, 0.6) is 11.5 Å². The molecule has 0 unspecified atom stereocenters. The van der Waals surface area contributed by atoms with E-state index >= 15 is 0 Å². The first-order valence-corrected chi connectivity index (χ1v) is 11.7. The first-order chi connectivity index (χ1) is 16.0. The van der Waals surface area contributed by atoms with Gasteiger partial charge in [-0.1, -0.05) is 6.07 Å². The quantitative estimate of drug-likeness (QED) is 0.584. The molecule has 0 bridgehead atoms. The number of halogens is 3. The van der Waals surface area contributed by atoms with E-state index in [4.69, 9.17) is 9.47 Å². The number of ether oxygens (including phenoxy) is 2. The maximum absolute atomic E-state index is 13.0. The highest BCUT2D eigenvalue weighted by Gasteiger charge is 2.34. The van der Waals surface area contributed by atoms with Crippen LogP contribution in [0.15, 0.2) is 47.4 Å². The van der Waals surface area contributed by atoms with Gasteiger partial charge in [-0.15, -0.1) is 0 Å². The lowest BCUT2D eigenvalue weighted by Gasteiger charge is -2.33. The van der Waals surface area contributed by atoms with Crippen molar-refractivity contribution in [3.8, 4) is 11.5 Å². The number of fused-ring (bicyclic) bond motifs is 1. The van der Waals surface area contributed by atoms with Gasteiger partial charge in [0.25, 0.3) is 5.91 Å². The van der Waals surface area contributed by atoms with Gasteiger partial charge >= 0.3 is 6.18 Å². The average Bonchev–Trinajstić information content (AvgIpc) is 3.26. The van der Waals surface area contributed by atoms with Gasteiger partial charge in [-0.3, -0.25) is 4.79 Å². The van der Waals surface area contributed by atoms with Gasteiger partial charge in [0.1, 0.15) is 17.2 Å². The normalized spacial score (nSPS) is 15.5. The minimum Gasteiger partial charge on any atom is -0.497 e. The third kappa shape index (κ3) is 4.42. The lowest BCUT2D eigenvalue weighted by molar-refractivity contribution is -0.137. The number of hydrogen-bond donors (Lipinski definition) is 1. The molecule has 1 saturated heterocycles. The summed E-state index contributed by atoms with van der Waals surface area (Å²) in [6.45, 7) is 0.100. The zero-order chi connectivity index (χ0) is 24.7. The van der Waals surface area contributed by atoms with Crippen LogP contribution in [-0.2, 0) is 16.2 Å². The molecule has 3 aromatic rings. The molecule has 8 nitrogen and oxygen atoms in total. The predicted octanol–water partition coefficient (Wildman–Crippen LogP) is 3.35. The summed E-state index contributed by atoms with van der Waals surface area (Å²) in [6, 6.07) is 8.74. The van der Waals surface area contributed by atoms with Crippen LogP contribution in [0.3, 0.4) is 0 Å². The lowest BCUT2D eigenvalue weighted by atomic mass is 10.2. The Kier molecular flexibility index (Phi) is 6.21. The van der Waals surface area contributed by atoms with Crippen molar-refractivity contribution in [2.24, 2.45) is 0 Å². The standard InChI is InChI=1S/C22H22F3N3O5S/c1-32-16-10-14-11-18(26-20(14)19(13-16)33-2)21(29)27-6-8-28(9-7-27)34(30,31)17-5-3-4-15(12-17)22(23,24)25/h3-5,10-13,26H,6-9H2,1-2H3. The number of nitrogens with zero attached hydrogens (tertiary/aromatic N) is 2. The molecule has 1 N–H and O–H groups in total. The summed E-state index contributed by atoms with van der Waals surface area (Å²) in [5, 5.41) is 0.713. The first-order valence-electron chi connectivity index (χ1n) is 10.3. The molecule has 2 aromatic carbocycles. The number of hydrogen-bond acceptors (Lipinski definition) is 5. The maximum Gasteiger partial charge on any atom is 0.416 e. The van der Waals surface area contributed by atoms with Gasteiger partial charge in [0.15, 0.2) is 0 Å². The number of carbonyl (C=O) groups excluding carboxylic acids is 1. The molecule has 12 heteroatoms. The Morgan fingerprint density at radius 1 is 1.00 bits per heavy atom. The highest BCUT2D eigenvalue weighted by molar-refractivity contribution is 7.89. The van der Waals surface area contributed by atoms with Gasteiger partial charge in [0, 0.05) is 37.6 Å². The number of rotatable bonds is 5. The SMILES string of the molecule is COc1cc(OC)c2[nH]c(C(=O)N3CCN(S(=O)(=O)c4cccc(C(F)(F)F)c4)CC3)cc2c1. The first kappa shape index (κ1) is 23.9. The van der Waals surface area contributed by atoms with E-state index in [0.29, 0.717) is 34.2 Å². The Morgan fingerprint density at radius 3 is 2.32 bits per heavy atom. The van der Waals surface area contributed by atoms with E-state index in [2.05, 4.69) is 4.98 Å². The predicted molar refractivity (Wildman–Crippen MR) is 118 cm³/mol. The molecule has 34 heavy (non-hydrogen) atoms. The molecule has 0 saturated carbocycles. The molecule has 1 aliphatic rings. The number of benzene rings is 2. The third-order valence-corrected chi connectivity index (χ3v) is 7.57. The second kappa shape index (κ2) is 8.84. The highest BCUT2D eigenvalue weighted by atomic mass is 32.2. The highest BCUT2D eigenvalue weighted by Crippen LogP contribution is 2.33. The lowest BCUT2D eigenvalue weighted by Crippen LogP contribution is -2.50. The number of alkyl halides is 3. The van der Waals surface area contributed by atoms with Gasteiger partial charge in [-0.2, -0.15) is 17.5 Å². The Hall–Kier alpha value is -3.25. The topological polar surface area (TPSA) is 91.9 Å². The van der Waals surface area contributed by atoms with E-state index in [9.17, 15) is 26.4 Å². The molecule has 1 aliphatic heterocycles. The smallest absolute Gasteiger partial charge is 0.416 e. The molecule has 182 valence electrons. The fourth-order valence-electron chi connectivity index (χ4n) is 3.86. The monoisotopic (exact) mass is 497 g/mol. The number of methoxy groups -OCH3 is 2. The van der Waals surface area contributed by atoms with Gasteiger partial charge in [0.05, 0.1) is 30.2 Å². The molecule has 0 atom stereocenters. The zero-order valence-electron chi connectivity index (χ0n) is 18.3. The Bertz CT molecular complexity index is 1330. The molecule has 1 aromatic heterocycles. The molecule has 0 spiro atoms. The fourth-order valence-corrected chi connectivity index (χ4v) is 5.33. The van der Waals surface area contributed by atoms with Crippen LogP contribution < -0.4 is 9.47 Å². The molecule has 2 heterocycles.